The Morgan fingerprint density at radius 2 is 2.00 bits per heavy atom. The zero-order chi connectivity index (χ0) is 14.9. The van der Waals surface area contributed by atoms with Crippen molar-refractivity contribution in [3.63, 3.8) is 0 Å². The Labute approximate surface area is 124 Å². The second kappa shape index (κ2) is 5.54. The maximum atomic E-state index is 12.8. The van der Waals surface area contributed by atoms with E-state index in [0.717, 1.165) is 10.6 Å². The van der Waals surface area contributed by atoms with Crippen molar-refractivity contribution in [3.05, 3.63) is 45.6 Å². The van der Waals surface area contributed by atoms with Gasteiger partial charge in [-0.3, -0.25) is 4.79 Å². The van der Waals surface area contributed by atoms with E-state index in [1.54, 1.807) is 11.3 Å². The van der Waals surface area contributed by atoms with Gasteiger partial charge in [0.15, 0.2) is 0 Å². The molecule has 20 heavy (non-hydrogen) atoms. The fraction of sp³-hybridized carbons (Fsp3) is 0.438. The SMILES string of the molecule is CC(C)Cn1c(-c2cccs2)ccc(C(C)(C)N)c1=O. The van der Waals surface area contributed by atoms with Crippen molar-refractivity contribution in [2.45, 2.75) is 39.8 Å². The second-order valence-electron chi connectivity index (χ2n) is 6.14. The summed E-state index contributed by atoms with van der Waals surface area (Å²) in [6.45, 7) is 8.67. The molecule has 0 radical (unpaired) electrons. The van der Waals surface area contributed by atoms with Gasteiger partial charge < -0.3 is 10.3 Å². The summed E-state index contributed by atoms with van der Waals surface area (Å²) in [5.74, 6) is 0.405. The molecule has 0 aliphatic rings. The Bertz CT molecular complexity index is 633. The van der Waals surface area contributed by atoms with Gasteiger partial charge in [0.05, 0.1) is 10.6 Å². The zero-order valence-corrected chi connectivity index (χ0v) is 13.3. The smallest absolute Gasteiger partial charge is 0.256 e. The minimum atomic E-state index is -0.621. The van der Waals surface area contributed by atoms with Crippen LogP contribution in [0.4, 0.5) is 0 Å². The summed E-state index contributed by atoms with van der Waals surface area (Å²) in [6, 6.07) is 7.93. The topological polar surface area (TPSA) is 48.0 Å². The number of hydrogen-bond acceptors (Lipinski definition) is 3. The van der Waals surface area contributed by atoms with E-state index in [1.165, 1.54) is 0 Å². The van der Waals surface area contributed by atoms with Crippen LogP contribution in [-0.2, 0) is 12.1 Å². The first kappa shape index (κ1) is 15.0. The quantitative estimate of drug-likeness (QED) is 0.938. The molecule has 4 heteroatoms. The molecule has 0 aliphatic carbocycles. The van der Waals surface area contributed by atoms with Crippen molar-refractivity contribution in [1.82, 2.24) is 4.57 Å². The Morgan fingerprint density at radius 3 is 2.50 bits per heavy atom. The molecule has 2 aromatic heterocycles. The molecule has 0 spiro atoms. The summed E-state index contributed by atoms with van der Waals surface area (Å²) in [4.78, 5) is 13.9. The normalized spacial score (nSPS) is 12.1. The minimum absolute atomic E-state index is 0.0251. The van der Waals surface area contributed by atoms with Crippen molar-refractivity contribution >= 4 is 11.3 Å². The van der Waals surface area contributed by atoms with Crippen LogP contribution in [0.2, 0.25) is 0 Å². The van der Waals surface area contributed by atoms with E-state index in [2.05, 4.69) is 13.8 Å². The van der Waals surface area contributed by atoms with E-state index in [0.29, 0.717) is 18.0 Å². The van der Waals surface area contributed by atoms with Gasteiger partial charge in [-0.25, -0.2) is 0 Å². The van der Waals surface area contributed by atoms with Gasteiger partial charge in [0.1, 0.15) is 0 Å². The van der Waals surface area contributed by atoms with Gasteiger partial charge in [-0.1, -0.05) is 19.9 Å². The van der Waals surface area contributed by atoms with Crippen molar-refractivity contribution < 1.29 is 0 Å². The fourth-order valence-corrected chi connectivity index (χ4v) is 3.01. The molecule has 0 saturated carbocycles. The summed E-state index contributed by atoms with van der Waals surface area (Å²) < 4.78 is 1.86. The molecule has 0 aromatic carbocycles. The van der Waals surface area contributed by atoms with Crippen LogP contribution >= 0.6 is 11.3 Å². The minimum Gasteiger partial charge on any atom is -0.322 e. The molecule has 108 valence electrons. The van der Waals surface area contributed by atoms with E-state index >= 15 is 0 Å². The monoisotopic (exact) mass is 290 g/mol. The van der Waals surface area contributed by atoms with Crippen LogP contribution in [-0.4, -0.2) is 4.57 Å². The molecule has 0 saturated heterocycles. The number of thiophene rings is 1. The third-order valence-electron chi connectivity index (χ3n) is 3.19. The van der Waals surface area contributed by atoms with Crippen LogP contribution in [0.1, 0.15) is 33.3 Å². The maximum Gasteiger partial charge on any atom is 0.256 e. The average Bonchev–Trinajstić information content (AvgIpc) is 2.82. The summed E-state index contributed by atoms with van der Waals surface area (Å²) in [5.41, 5.74) is 7.16. The summed E-state index contributed by atoms with van der Waals surface area (Å²) in [5, 5.41) is 2.03. The molecule has 2 rings (SSSR count). The van der Waals surface area contributed by atoms with Crippen LogP contribution < -0.4 is 11.3 Å². The van der Waals surface area contributed by atoms with Gasteiger partial charge in [-0.2, -0.15) is 0 Å². The highest BCUT2D eigenvalue weighted by atomic mass is 32.1. The molecule has 0 fully saturated rings. The fourth-order valence-electron chi connectivity index (χ4n) is 2.25. The maximum absolute atomic E-state index is 12.8. The first-order valence-corrected chi connectivity index (χ1v) is 7.75. The van der Waals surface area contributed by atoms with Crippen LogP contribution in [0.25, 0.3) is 10.6 Å². The van der Waals surface area contributed by atoms with Crippen molar-refractivity contribution in [1.29, 1.82) is 0 Å². The molecular formula is C16H22N2OS. The molecule has 0 atom stereocenters. The number of pyridine rings is 1. The van der Waals surface area contributed by atoms with Crippen LogP contribution in [0.3, 0.4) is 0 Å². The predicted molar refractivity (Wildman–Crippen MR) is 86.1 cm³/mol. The van der Waals surface area contributed by atoms with E-state index in [1.807, 2.05) is 48.1 Å². The van der Waals surface area contributed by atoms with E-state index in [9.17, 15) is 4.79 Å². The highest BCUT2D eigenvalue weighted by Crippen LogP contribution is 2.25. The lowest BCUT2D eigenvalue weighted by Crippen LogP contribution is -2.38. The number of aromatic nitrogens is 1. The lowest BCUT2D eigenvalue weighted by atomic mass is 9.96. The summed E-state index contributed by atoms with van der Waals surface area (Å²) in [6.07, 6.45) is 0. The molecule has 0 bridgehead atoms. The molecule has 0 aliphatic heterocycles. The molecule has 3 nitrogen and oxygen atoms in total. The summed E-state index contributed by atoms with van der Waals surface area (Å²) >= 11 is 1.65. The largest absolute Gasteiger partial charge is 0.322 e. The Morgan fingerprint density at radius 1 is 1.30 bits per heavy atom. The summed E-state index contributed by atoms with van der Waals surface area (Å²) in [7, 11) is 0. The van der Waals surface area contributed by atoms with E-state index in [-0.39, 0.29) is 5.56 Å². The number of hydrogen-bond donors (Lipinski definition) is 1. The number of rotatable bonds is 4. The van der Waals surface area contributed by atoms with Crippen molar-refractivity contribution in [3.8, 4) is 10.6 Å². The molecule has 2 N–H and O–H groups in total. The second-order valence-corrected chi connectivity index (χ2v) is 7.09. The first-order chi connectivity index (χ1) is 9.30. The Balaban J connectivity index is 2.65. The molecule has 0 amide bonds. The lowest BCUT2D eigenvalue weighted by Gasteiger charge is -2.22. The molecule has 0 unspecified atom stereocenters. The van der Waals surface area contributed by atoms with Gasteiger partial charge in [-0.05, 0) is 43.3 Å². The Hall–Kier alpha value is -1.39. The number of nitrogens with two attached hydrogens (primary N) is 1. The van der Waals surface area contributed by atoms with Crippen LogP contribution in [0.15, 0.2) is 34.4 Å². The van der Waals surface area contributed by atoms with Crippen LogP contribution in [0.5, 0.6) is 0 Å². The first-order valence-electron chi connectivity index (χ1n) is 6.88. The van der Waals surface area contributed by atoms with Gasteiger partial charge in [0, 0.05) is 17.6 Å². The lowest BCUT2D eigenvalue weighted by molar-refractivity contribution is 0.492. The third kappa shape index (κ3) is 3.02. The van der Waals surface area contributed by atoms with Crippen molar-refractivity contribution in [2.24, 2.45) is 11.7 Å². The number of nitrogens with zero attached hydrogens (tertiary/aromatic N) is 1. The van der Waals surface area contributed by atoms with Gasteiger partial charge in [-0.15, -0.1) is 11.3 Å². The highest BCUT2D eigenvalue weighted by Gasteiger charge is 2.21. The van der Waals surface area contributed by atoms with Crippen molar-refractivity contribution in [2.75, 3.05) is 0 Å². The standard InChI is InChI=1S/C16H22N2OS/c1-11(2)10-18-13(14-6-5-9-20-14)8-7-12(15(18)19)16(3,4)17/h5-9,11H,10,17H2,1-4H3. The highest BCUT2D eigenvalue weighted by molar-refractivity contribution is 7.13. The van der Waals surface area contributed by atoms with Gasteiger partial charge >= 0.3 is 0 Å². The Kier molecular flexibility index (Phi) is 4.16. The zero-order valence-electron chi connectivity index (χ0n) is 12.5. The average molecular weight is 290 g/mol. The van der Waals surface area contributed by atoms with E-state index < -0.39 is 5.54 Å². The molecular weight excluding hydrogens is 268 g/mol. The van der Waals surface area contributed by atoms with Gasteiger partial charge in [0.25, 0.3) is 5.56 Å². The predicted octanol–water partition coefficient (Wildman–Crippen LogP) is 3.43. The van der Waals surface area contributed by atoms with E-state index in [4.69, 9.17) is 5.73 Å². The molecule has 2 heterocycles. The van der Waals surface area contributed by atoms with Crippen LogP contribution in [0, 0.1) is 5.92 Å². The van der Waals surface area contributed by atoms with Gasteiger partial charge in [0.2, 0.25) is 0 Å². The third-order valence-corrected chi connectivity index (χ3v) is 4.08. The molecule has 2 aromatic rings.